The maximum absolute atomic E-state index is 12.5. The van der Waals surface area contributed by atoms with Gasteiger partial charge < -0.3 is 15.4 Å². The lowest BCUT2D eigenvalue weighted by Gasteiger charge is -2.12. The number of methoxy groups -OCH3 is 1. The largest absolute Gasteiger partial charge is 0.494 e. The van der Waals surface area contributed by atoms with Gasteiger partial charge in [0.15, 0.2) is 0 Å². The van der Waals surface area contributed by atoms with Gasteiger partial charge in [-0.05, 0) is 30.7 Å². The molecular weight excluding hydrogens is 344 g/mol. The SMILES string of the molecule is CCCC(=O)Nc1ccc(NC(=O)c2cnc3ccccc3n2)cc1OC. The average molecular weight is 364 g/mol. The number of hydrogen-bond donors (Lipinski definition) is 2. The fourth-order valence-corrected chi connectivity index (χ4v) is 2.57. The zero-order valence-electron chi connectivity index (χ0n) is 15.2. The number of aromatic nitrogens is 2. The summed E-state index contributed by atoms with van der Waals surface area (Å²) in [6, 6.07) is 12.4. The molecule has 0 saturated carbocycles. The Kier molecular flexibility index (Phi) is 5.61. The van der Waals surface area contributed by atoms with E-state index in [1.54, 1.807) is 24.3 Å². The highest BCUT2D eigenvalue weighted by atomic mass is 16.5. The first-order chi connectivity index (χ1) is 13.1. The number of carbonyl (C=O) groups is 2. The van der Waals surface area contributed by atoms with Crippen molar-refractivity contribution in [2.24, 2.45) is 0 Å². The van der Waals surface area contributed by atoms with Gasteiger partial charge in [-0.1, -0.05) is 19.1 Å². The van der Waals surface area contributed by atoms with Crippen LogP contribution in [0, 0.1) is 0 Å². The molecule has 3 aromatic rings. The zero-order chi connectivity index (χ0) is 19.2. The Labute approximate surface area is 156 Å². The number of fused-ring (bicyclic) bond motifs is 1. The van der Waals surface area contributed by atoms with Crippen LogP contribution in [0.2, 0.25) is 0 Å². The summed E-state index contributed by atoms with van der Waals surface area (Å²) in [5, 5.41) is 5.56. The maximum Gasteiger partial charge on any atom is 0.275 e. The van der Waals surface area contributed by atoms with Gasteiger partial charge in [-0.3, -0.25) is 14.6 Å². The molecule has 0 spiro atoms. The highest BCUT2D eigenvalue weighted by Gasteiger charge is 2.12. The molecule has 2 aromatic carbocycles. The van der Waals surface area contributed by atoms with Crippen LogP contribution in [0.3, 0.4) is 0 Å². The van der Waals surface area contributed by atoms with Gasteiger partial charge in [0.25, 0.3) is 5.91 Å². The molecule has 138 valence electrons. The minimum Gasteiger partial charge on any atom is -0.494 e. The van der Waals surface area contributed by atoms with Crippen molar-refractivity contribution in [1.29, 1.82) is 0 Å². The molecule has 0 bridgehead atoms. The second kappa shape index (κ2) is 8.27. The summed E-state index contributed by atoms with van der Waals surface area (Å²) >= 11 is 0. The van der Waals surface area contributed by atoms with E-state index in [1.807, 2.05) is 25.1 Å². The van der Waals surface area contributed by atoms with Gasteiger partial charge in [0.1, 0.15) is 11.4 Å². The molecular formula is C20H20N4O3. The molecule has 2 amide bonds. The van der Waals surface area contributed by atoms with Crippen LogP contribution in [0.25, 0.3) is 11.0 Å². The van der Waals surface area contributed by atoms with E-state index in [0.717, 1.165) is 11.9 Å². The molecule has 0 saturated heterocycles. The van der Waals surface area contributed by atoms with Gasteiger partial charge in [-0.2, -0.15) is 0 Å². The molecule has 0 aliphatic carbocycles. The fourth-order valence-electron chi connectivity index (χ4n) is 2.57. The molecule has 0 unspecified atom stereocenters. The Morgan fingerprint density at radius 3 is 2.59 bits per heavy atom. The molecule has 3 rings (SSSR count). The second-order valence-electron chi connectivity index (χ2n) is 5.91. The maximum atomic E-state index is 12.5. The lowest BCUT2D eigenvalue weighted by Crippen LogP contribution is -2.15. The Bertz CT molecular complexity index is 988. The first-order valence-corrected chi connectivity index (χ1v) is 8.61. The second-order valence-corrected chi connectivity index (χ2v) is 5.91. The van der Waals surface area contributed by atoms with Crippen molar-refractivity contribution in [3.05, 3.63) is 54.4 Å². The number of benzene rings is 2. The Hall–Kier alpha value is -3.48. The molecule has 7 nitrogen and oxygen atoms in total. The molecule has 0 radical (unpaired) electrons. The lowest BCUT2D eigenvalue weighted by atomic mass is 10.2. The quantitative estimate of drug-likeness (QED) is 0.697. The number of ether oxygens (including phenoxy) is 1. The summed E-state index contributed by atoms with van der Waals surface area (Å²) < 4.78 is 5.32. The standard InChI is InChI=1S/C20H20N4O3/c1-3-6-19(25)24-16-10-9-13(11-18(16)27-2)22-20(26)17-12-21-14-7-4-5-8-15(14)23-17/h4-5,7-12H,3,6H2,1-2H3,(H,22,26)(H,24,25). The van der Waals surface area contributed by atoms with Gasteiger partial charge in [0.05, 0.1) is 30.0 Å². The average Bonchev–Trinajstić information content (AvgIpc) is 2.68. The predicted molar refractivity (Wildman–Crippen MR) is 104 cm³/mol. The number of hydrogen-bond acceptors (Lipinski definition) is 5. The van der Waals surface area contributed by atoms with Crippen molar-refractivity contribution in [3.8, 4) is 5.75 Å². The van der Waals surface area contributed by atoms with Crippen LogP contribution in [0.5, 0.6) is 5.75 Å². The Morgan fingerprint density at radius 1 is 1.07 bits per heavy atom. The lowest BCUT2D eigenvalue weighted by molar-refractivity contribution is -0.116. The third kappa shape index (κ3) is 4.38. The number of nitrogens with one attached hydrogen (secondary N) is 2. The van der Waals surface area contributed by atoms with Gasteiger partial charge in [-0.25, -0.2) is 4.98 Å². The van der Waals surface area contributed by atoms with E-state index in [9.17, 15) is 9.59 Å². The Balaban J connectivity index is 1.77. The third-order valence-corrected chi connectivity index (χ3v) is 3.89. The first kappa shape index (κ1) is 18.3. The minimum atomic E-state index is -0.377. The third-order valence-electron chi connectivity index (χ3n) is 3.89. The van der Waals surface area contributed by atoms with Gasteiger partial charge in [-0.15, -0.1) is 0 Å². The van der Waals surface area contributed by atoms with Crippen molar-refractivity contribution in [2.45, 2.75) is 19.8 Å². The monoisotopic (exact) mass is 364 g/mol. The number of amides is 2. The van der Waals surface area contributed by atoms with Crippen LogP contribution in [-0.4, -0.2) is 28.9 Å². The smallest absolute Gasteiger partial charge is 0.275 e. The van der Waals surface area contributed by atoms with Gasteiger partial charge >= 0.3 is 0 Å². The molecule has 27 heavy (non-hydrogen) atoms. The summed E-state index contributed by atoms with van der Waals surface area (Å²) in [6.07, 6.45) is 2.63. The minimum absolute atomic E-state index is 0.0842. The van der Waals surface area contributed by atoms with Crippen LogP contribution in [0.4, 0.5) is 11.4 Å². The summed E-state index contributed by atoms with van der Waals surface area (Å²) in [5.41, 5.74) is 2.67. The van der Waals surface area contributed by atoms with E-state index in [-0.39, 0.29) is 17.5 Å². The van der Waals surface area contributed by atoms with E-state index >= 15 is 0 Å². The number of anilines is 2. The molecule has 1 aromatic heterocycles. The van der Waals surface area contributed by atoms with Crippen LogP contribution >= 0.6 is 0 Å². The number of rotatable bonds is 6. The topological polar surface area (TPSA) is 93.2 Å². The van der Waals surface area contributed by atoms with Gasteiger partial charge in [0, 0.05) is 18.2 Å². The molecule has 0 fully saturated rings. The van der Waals surface area contributed by atoms with Crippen molar-refractivity contribution in [2.75, 3.05) is 17.7 Å². The molecule has 1 heterocycles. The summed E-state index contributed by atoms with van der Waals surface area (Å²) in [7, 11) is 1.51. The number of carbonyl (C=O) groups excluding carboxylic acids is 2. The molecule has 2 N–H and O–H groups in total. The summed E-state index contributed by atoms with van der Waals surface area (Å²) in [4.78, 5) is 32.8. The zero-order valence-corrected chi connectivity index (χ0v) is 15.2. The Morgan fingerprint density at radius 2 is 1.85 bits per heavy atom. The highest BCUT2D eigenvalue weighted by Crippen LogP contribution is 2.28. The van der Waals surface area contributed by atoms with Crippen LogP contribution in [-0.2, 0) is 4.79 Å². The van der Waals surface area contributed by atoms with E-state index < -0.39 is 0 Å². The number of para-hydroxylation sites is 2. The van der Waals surface area contributed by atoms with E-state index in [1.165, 1.54) is 13.3 Å². The van der Waals surface area contributed by atoms with Crippen molar-refractivity contribution in [1.82, 2.24) is 9.97 Å². The van der Waals surface area contributed by atoms with E-state index in [4.69, 9.17) is 4.74 Å². The summed E-state index contributed by atoms with van der Waals surface area (Å²) in [5.74, 6) is -0.000975. The predicted octanol–water partition coefficient (Wildman–Crippen LogP) is 3.63. The van der Waals surface area contributed by atoms with Crippen LogP contribution in [0.1, 0.15) is 30.3 Å². The molecule has 0 aliphatic heterocycles. The fraction of sp³-hybridized carbons (Fsp3) is 0.200. The van der Waals surface area contributed by atoms with Crippen LogP contribution < -0.4 is 15.4 Å². The van der Waals surface area contributed by atoms with E-state index in [0.29, 0.717) is 29.1 Å². The first-order valence-electron chi connectivity index (χ1n) is 8.61. The molecule has 0 atom stereocenters. The van der Waals surface area contributed by atoms with E-state index in [2.05, 4.69) is 20.6 Å². The number of nitrogens with zero attached hydrogens (tertiary/aromatic N) is 2. The van der Waals surface area contributed by atoms with Crippen molar-refractivity contribution in [3.63, 3.8) is 0 Å². The highest BCUT2D eigenvalue weighted by molar-refractivity contribution is 6.04. The van der Waals surface area contributed by atoms with Crippen LogP contribution in [0.15, 0.2) is 48.7 Å². The summed E-state index contributed by atoms with van der Waals surface area (Å²) in [6.45, 7) is 1.94. The van der Waals surface area contributed by atoms with Gasteiger partial charge in [0.2, 0.25) is 5.91 Å². The van der Waals surface area contributed by atoms with Crippen molar-refractivity contribution >= 4 is 34.2 Å². The normalized spacial score (nSPS) is 10.4. The molecule has 0 aliphatic rings. The molecule has 7 heteroatoms. The van der Waals surface area contributed by atoms with Crippen molar-refractivity contribution < 1.29 is 14.3 Å².